The lowest BCUT2D eigenvalue weighted by Crippen LogP contribution is -2.44. The van der Waals surface area contributed by atoms with Crippen molar-refractivity contribution >= 4 is 40.1 Å². The van der Waals surface area contributed by atoms with E-state index >= 15 is 0 Å². The Morgan fingerprint density at radius 2 is 1.86 bits per heavy atom. The molecule has 43 heavy (non-hydrogen) atoms. The van der Waals surface area contributed by atoms with Gasteiger partial charge in [0.25, 0.3) is 5.91 Å². The highest BCUT2D eigenvalue weighted by Crippen LogP contribution is 2.44. The molecular weight excluding hydrogens is 540 g/mol. The quantitative estimate of drug-likeness (QED) is 0.388. The number of fused-ring (bicyclic) bond motifs is 2. The summed E-state index contributed by atoms with van der Waals surface area (Å²) in [7, 11) is 0. The first kappa shape index (κ1) is 29.3. The first-order valence-corrected chi connectivity index (χ1v) is 15.4. The minimum atomic E-state index is -1.05. The Balaban J connectivity index is 1.24. The summed E-state index contributed by atoms with van der Waals surface area (Å²) in [6.45, 7) is 14.0. The smallest absolute Gasteiger partial charge is 0.310 e. The van der Waals surface area contributed by atoms with Crippen LogP contribution in [-0.4, -0.2) is 76.9 Å². The van der Waals surface area contributed by atoms with Crippen molar-refractivity contribution < 1.29 is 14.4 Å². The number of carbonyl (C=O) groups is 3. The highest BCUT2D eigenvalue weighted by Gasteiger charge is 2.52. The van der Waals surface area contributed by atoms with E-state index in [4.69, 9.17) is 0 Å². The third-order valence-corrected chi connectivity index (χ3v) is 9.57. The number of imide groups is 1. The molecule has 0 unspecified atom stereocenters. The van der Waals surface area contributed by atoms with Gasteiger partial charge in [0, 0.05) is 48.4 Å². The lowest BCUT2D eigenvalue weighted by Gasteiger charge is -2.28. The van der Waals surface area contributed by atoms with Gasteiger partial charge in [-0.2, -0.15) is 0 Å². The van der Waals surface area contributed by atoms with E-state index in [2.05, 4.69) is 36.0 Å². The van der Waals surface area contributed by atoms with Gasteiger partial charge >= 0.3 is 6.03 Å². The maximum Gasteiger partial charge on any atom is 0.332 e. The molecule has 0 radical (unpaired) electrons. The van der Waals surface area contributed by atoms with Crippen molar-refractivity contribution in [1.82, 2.24) is 20.1 Å². The van der Waals surface area contributed by atoms with Gasteiger partial charge in [0.15, 0.2) is 0 Å². The first-order valence-electron chi connectivity index (χ1n) is 15.4. The molecule has 0 aliphatic carbocycles. The van der Waals surface area contributed by atoms with Gasteiger partial charge in [-0.3, -0.25) is 19.5 Å². The van der Waals surface area contributed by atoms with Crippen molar-refractivity contribution in [3.8, 4) is 0 Å². The Bertz CT molecular complexity index is 1580. The SMILES string of the molecule is CCN1CCC[C@@H]1CNCC(=O)N1CC(C)(C)c2ccc(N3C(=O)N(Cc4ccnc5ccccc45)C(C)(C)C3=O)cc21. The van der Waals surface area contributed by atoms with Gasteiger partial charge in [-0.1, -0.05) is 45.0 Å². The number of benzene rings is 2. The molecule has 0 spiro atoms. The molecule has 3 aliphatic heterocycles. The van der Waals surface area contributed by atoms with Crippen molar-refractivity contribution in [3.63, 3.8) is 0 Å². The second-order valence-electron chi connectivity index (χ2n) is 13.2. The molecule has 3 aliphatic rings. The Labute approximate surface area is 253 Å². The molecule has 6 rings (SSSR count). The Hall–Kier alpha value is -3.82. The number of likely N-dealkylation sites (N-methyl/N-ethyl adjacent to an activating group) is 1. The summed E-state index contributed by atoms with van der Waals surface area (Å²) in [6, 6.07) is 15.5. The van der Waals surface area contributed by atoms with E-state index in [1.54, 1.807) is 24.9 Å². The van der Waals surface area contributed by atoms with Crippen molar-refractivity contribution in [3.05, 3.63) is 65.9 Å². The minimum absolute atomic E-state index is 0.00406. The van der Waals surface area contributed by atoms with E-state index in [9.17, 15) is 14.4 Å². The van der Waals surface area contributed by atoms with Crippen molar-refractivity contribution in [2.75, 3.05) is 42.5 Å². The van der Waals surface area contributed by atoms with Crippen LogP contribution in [0.1, 0.15) is 58.6 Å². The molecular formula is C34H42N6O3. The molecule has 3 aromatic rings. The standard InChI is InChI=1S/C34H42N6O3/c1-6-37-17-9-10-25(37)19-35-20-30(41)38-22-33(2,3)27-14-13-24(18-29(27)38)40-31(42)34(4,5)39(32(40)43)21-23-15-16-36-28-12-8-7-11-26(23)28/h7-8,11-16,18,25,35H,6,9-10,17,19-22H2,1-5H3/t25-/m1/s1. The van der Waals surface area contributed by atoms with Gasteiger partial charge in [0.2, 0.25) is 5.91 Å². The number of urea groups is 1. The van der Waals surface area contributed by atoms with Gasteiger partial charge in [-0.05, 0) is 75.2 Å². The van der Waals surface area contributed by atoms with E-state index in [0.717, 1.165) is 53.8 Å². The van der Waals surface area contributed by atoms with E-state index < -0.39 is 5.54 Å². The number of para-hydroxylation sites is 1. The van der Waals surface area contributed by atoms with Gasteiger partial charge in [-0.15, -0.1) is 0 Å². The lowest BCUT2D eigenvalue weighted by molar-refractivity contribution is -0.123. The Morgan fingerprint density at radius 3 is 2.65 bits per heavy atom. The van der Waals surface area contributed by atoms with Crippen LogP contribution in [0.15, 0.2) is 54.7 Å². The van der Waals surface area contributed by atoms with Crippen LogP contribution in [0.3, 0.4) is 0 Å². The van der Waals surface area contributed by atoms with Crippen LogP contribution in [-0.2, 0) is 21.5 Å². The molecule has 9 nitrogen and oxygen atoms in total. The van der Waals surface area contributed by atoms with E-state index in [0.29, 0.717) is 18.3 Å². The Kier molecular flexibility index (Phi) is 7.50. The fraction of sp³-hybridized carbons (Fsp3) is 0.471. The number of pyridine rings is 1. The second-order valence-corrected chi connectivity index (χ2v) is 13.2. The monoisotopic (exact) mass is 582 g/mol. The zero-order chi connectivity index (χ0) is 30.5. The van der Waals surface area contributed by atoms with Crippen LogP contribution in [0.5, 0.6) is 0 Å². The lowest BCUT2D eigenvalue weighted by atomic mass is 9.87. The zero-order valence-electron chi connectivity index (χ0n) is 25.9. The van der Waals surface area contributed by atoms with Crippen molar-refractivity contribution in [1.29, 1.82) is 0 Å². The number of aromatic nitrogens is 1. The van der Waals surface area contributed by atoms with Gasteiger partial charge < -0.3 is 15.1 Å². The molecule has 1 N–H and O–H groups in total. The van der Waals surface area contributed by atoms with E-state index in [1.165, 1.54) is 11.3 Å². The topological polar surface area (TPSA) is 89.1 Å². The third kappa shape index (κ3) is 5.08. The predicted molar refractivity (Wildman–Crippen MR) is 169 cm³/mol. The van der Waals surface area contributed by atoms with Gasteiger partial charge in [0.05, 0.1) is 17.7 Å². The number of nitrogens with zero attached hydrogens (tertiary/aromatic N) is 5. The fourth-order valence-electron chi connectivity index (χ4n) is 7.02. The summed E-state index contributed by atoms with van der Waals surface area (Å²) in [5.41, 5.74) is 2.77. The molecule has 4 heterocycles. The summed E-state index contributed by atoms with van der Waals surface area (Å²) in [4.78, 5) is 52.9. The average Bonchev–Trinajstić information content (AvgIpc) is 3.60. The highest BCUT2D eigenvalue weighted by atomic mass is 16.2. The summed E-state index contributed by atoms with van der Waals surface area (Å²) in [5.74, 6) is -0.291. The fourth-order valence-corrected chi connectivity index (χ4v) is 7.02. The number of anilines is 2. The molecule has 1 atom stereocenters. The van der Waals surface area contributed by atoms with Gasteiger partial charge in [-0.25, -0.2) is 9.69 Å². The predicted octanol–water partition coefficient (Wildman–Crippen LogP) is 4.68. The molecule has 4 amide bonds. The number of hydrogen-bond donors (Lipinski definition) is 1. The van der Waals surface area contributed by atoms with Gasteiger partial charge in [0.1, 0.15) is 5.54 Å². The molecule has 226 valence electrons. The van der Waals surface area contributed by atoms with Crippen LogP contribution in [0.4, 0.5) is 16.2 Å². The number of rotatable bonds is 8. The molecule has 2 fully saturated rings. The largest absolute Gasteiger partial charge is 0.332 e. The summed E-state index contributed by atoms with van der Waals surface area (Å²) in [6.07, 6.45) is 4.09. The van der Waals surface area contributed by atoms with Crippen molar-refractivity contribution in [2.45, 2.75) is 71.0 Å². The minimum Gasteiger partial charge on any atom is -0.310 e. The maximum absolute atomic E-state index is 14.0. The zero-order valence-corrected chi connectivity index (χ0v) is 25.9. The first-order chi connectivity index (χ1) is 20.5. The molecule has 0 saturated carbocycles. The summed E-state index contributed by atoms with van der Waals surface area (Å²) >= 11 is 0. The van der Waals surface area contributed by atoms with Crippen LogP contribution in [0.2, 0.25) is 0 Å². The Morgan fingerprint density at radius 1 is 1.07 bits per heavy atom. The highest BCUT2D eigenvalue weighted by molar-refractivity contribution is 6.23. The number of carbonyl (C=O) groups excluding carboxylic acids is 3. The van der Waals surface area contributed by atoms with Crippen molar-refractivity contribution in [2.24, 2.45) is 0 Å². The molecule has 9 heteroatoms. The van der Waals surface area contributed by atoms with E-state index in [-0.39, 0.29) is 36.3 Å². The number of nitrogens with one attached hydrogen (secondary N) is 1. The summed E-state index contributed by atoms with van der Waals surface area (Å²) < 4.78 is 0. The average molecular weight is 583 g/mol. The third-order valence-electron chi connectivity index (χ3n) is 9.57. The number of amides is 4. The van der Waals surface area contributed by atoms with Crippen LogP contribution < -0.4 is 15.1 Å². The normalized spacial score (nSPS) is 21.3. The van der Waals surface area contributed by atoms with Crippen LogP contribution >= 0.6 is 0 Å². The molecule has 1 aromatic heterocycles. The molecule has 0 bridgehead atoms. The number of likely N-dealkylation sites (tertiary alicyclic amines) is 1. The molecule has 2 aromatic carbocycles. The van der Waals surface area contributed by atoms with E-state index in [1.807, 2.05) is 53.4 Å². The molecule has 2 saturated heterocycles. The van der Waals surface area contributed by atoms with Crippen LogP contribution in [0, 0.1) is 0 Å². The number of hydrogen-bond acceptors (Lipinski definition) is 6. The second kappa shape index (κ2) is 11.0. The summed E-state index contributed by atoms with van der Waals surface area (Å²) in [5, 5.41) is 4.36. The maximum atomic E-state index is 14.0. The van der Waals surface area contributed by atoms with Crippen LogP contribution in [0.25, 0.3) is 10.9 Å².